The predicted molar refractivity (Wildman–Crippen MR) is 64.9 cm³/mol. The first-order chi connectivity index (χ1) is 7.95. The molecule has 0 saturated carbocycles. The van der Waals surface area contributed by atoms with E-state index < -0.39 is 11.6 Å². The molecule has 2 N–H and O–H groups in total. The molecule has 2 nitrogen and oxygen atoms in total. The summed E-state index contributed by atoms with van der Waals surface area (Å²) in [5, 5.41) is 0. The van der Waals surface area contributed by atoms with Crippen LogP contribution in [0.2, 0.25) is 0 Å². The fourth-order valence-electron chi connectivity index (χ4n) is 2.52. The van der Waals surface area contributed by atoms with Gasteiger partial charge in [-0.15, -0.1) is 0 Å². The number of anilines is 1. The third kappa shape index (κ3) is 2.14. The van der Waals surface area contributed by atoms with Gasteiger partial charge in [0.2, 0.25) is 0 Å². The summed E-state index contributed by atoms with van der Waals surface area (Å²) in [4.78, 5) is 1.82. The molecule has 0 bridgehead atoms. The minimum Gasteiger partial charge on any atom is -0.362 e. The molecule has 0 aliphatic carbocycles. The van der Waals surface area contributed by atoms with Crippen LogP contribution < -0.4 is 10.6 Å². The molecular weight excluding hydrogens is 222 g/mol. The number of hydrogen-bond donors (Lipinski definition) is 1. The van der Waals surface area contributed by atoms with E-state index >= 15 is 0 Å². The van der Waals surface area contributed by atoms with Crippen LogP contribution in [0.4, 0.5) is 14.5 Å². The van der Waals surface area contributed by atoms with Gasteiger partial charge in [-0.25, -0.2) is 8.78 Å². The predicted octanol–water partition coefficient (Wildman–Crippen LogP) is 2.80. The molecule has 0 spiro atoms. The fraction of sp³-hybridized carbons (Fsp3) is 0.538. The van der Waals surface area contributed by atoms with E-state index in [0.29, 0.717) is 12.1 Å². The van der Waals surface area contributed by atoms with Crippen molar-refractivity contribution >= 4 is 5.69 Å². The number of nitrogens with two attached hydrogens (primary N) is 1. The average Bonchev–Trinajstić information content (AvgIpc) is 2.57. The van der Waals surface area contributed by atoms with Gasteiger partial charge in [0.05, 0.1) is 0 Å². The van der Waals surface area contributed by atoms with Crippen LogP contribution >= 0.6 is 0 Å². The van der Waals surface area contributed by atoms with E-state index in [0.717, 1.165) is 12.8 Å². The molecule has 0 aromatic heterocycles. The van der Waals surface area contributed by atoms with Gasteiger partial charge in [-0.05, 0) is 44.4 Å². The molecule has 1 fully saturated rings. The first kappa shape index (κ1) is 12.3. The summed E-state index contributed by atoms with van der Waals surface area (Å²) >= 11 is 0. The van der Waals surface area contributed by atoms with Crippen molar-refractivity contribution in [1.29, 1.82) is 0 Å². The third-order valence-electron chi connectivity index (χ3n) is 3.48. The van der Waals surface area contributed by atoms with Gasteiger partial charge in [0.1, 0.15) is 17.3 Å². The molecule has 2 rings (SSSR count). The lowest BCUT2D eigenvalue weighted by Gasteiger charge is -2.34. The number of benzene rings is 1. The maximum Gasteiger partial charge on any atom is 0.149 e. The quantitative estimate of drug-likeness (QED) is 0.861. The minimum absolute atomic E-state index is 0.0877. The SMILES string of the molecule is CC1(C)CCCN1c1c(F)cc(CN)cc1F. The highest BCUT2D eigenvalue weighted by atomic mass is 19.1. The monoisotopic (exact) mass is 240 g/mol. The lowest BCUT2D eigenvalue weighted by Crippen LogP contribution is -2.39. The highest BCUT2D eigenvalue weighted by Crippen LogP contribution is 2.36. The smallest absolute Gasteiger partial charge is 0.149 e. The van der Waals surface area contributed by atoms with Crippen LogP contribution in [0.25, 0.3) is 0 Å². The summed E-state index contributed by atoms with van der Waals surface area (Å²) < 4.78 is 27.9. The third-order valence-corrected chi connectivity index (χ3v) is 3.48. The van der Waals surface area contributed by atoms with Crippen LogP contribution in [0.3, 0.4) is 0 Å². The Labute approximate surface area is 100 Å². The van der Waals surface area contributed by atoms with Crippen molar-refractivity contribution in [2.45, 2.75) is 38.8 Å². The molecule has 0 atom stereocenters. The fourth-order valence-corrected chi connectivity index (χ4v) is 2.52. The first-order valence-corrected chi connectivity index (χ1v) is 5.91. The number of nitrogens with zero attached hydrogens (tertiary/aromatic N) is 1. The van der Waals surface area contributed by atoms with Crippen LogP contribution in [-0.4, -0.2) is 12.1 Å². The van der Waals surface area contributed by atoms with E-state index in [4.69, 9.17) is 5.73 Å². The highest BCUT2D eigenvalue weighted by molar-refractivity contribution is 5.53. The Hall–Kier alpha value is -1.16. The van der Waals surface area contributed by atoms with Gasteiger partial charge < -0.3 is 10.6 Å². The van der Waals surface area contributed by atoms with Crippen LogP contribution in [0.1, 0.15) is 32.3 Å². The molecule has 1 aromatic rings. The van der Waals surface area contributed by atoms with E-state index in [1.807, 2.05) is 18.7 Å². The van der Waals surface area contributed by atoms with E-state index in [1.165, 1.54) is 12.1 Å². The largest absolute Gasteiger partial charge is 0.362 e. The maximum atomic E-state index is 14.0. The second kappa shape index (κ2) is 4.26. The molecule has 0 radical (unpaired) electrons. The molecule has 1 saturated heterocycles. The molecule has 1 aliphatic rings. The Balaban J connectivity index is 2.45. The summed E-state index contributed by atoms with van der Waals surface area (Å²) in [6, 6.07) is 2.65. The van der Waals surface area contributed by atoms with E-state index in [-0.39, 0.29) is 17.8 Å². The Kier molecular flexibility index (Phi) is 3.08. The first-order valence-electron chi connectivity index (χ1n) is 5.91. The minimum atomic E-state index is -0.513. The highest BCUT2D eigenvalue weighted by Gasteiger charge is 2.35. The van der Waals surface area contributed by atoms with Gasteiger partial charge >= 0.3 is 0 Å². The molecule has 1 aromatic carbocycles. The Bertz CT molecular complexity index is 406. The Morgan fingerprint density at radius 2 is 1.88 bits per heavy atom. The van der Waals surface area contributed by atoms with Crippen LogP contribution in [0, 0.1) is 11.6 Å². The van der Waals surface area contributed by atoms with Crippen molar-refractivity contribution < 1.29 is 8.78 Å². The van der Waals surface area contributed by atoms with E-state index in [9.17, 15) is 8.78 Å². The molecule has 17 heavy (non-hydrogen) atoms. The topological polar surface area (TPSA) is 29.3 Å². The van der Waals surface area contributed by atoms with Crippen molar-refractivity contribution in [3.8, 4) is 0 Å². The second-order valence-corrected chi connectivity index (χ2v) is 5.18. The van der Waals surface area contributed by atoms with E-state index in [1.54, 1.807) is 0 Å². The van der Waals surface area contributed by atoms with Crippen molar-refractivity contribution in [3.05, 3.63) is 29.3 Å². The van der Waals surface area contributed by atoms with E-state index in [2.05, 4.69) is 0 Å². The standard InChI is InChI=1S/C13H18F2N2/c1-13(2)4-3-5-17(13)12-10(14)6-9(8-16)7-11(12)15/h6-7H,3-5,8,16H2,1-2H3. The maximum absolute atomic E-state index is 14.0. The van der Waals surface area contributed by atoms with Crippen molar-refractivity contribution in [1.82, 2.24) is 0 Å². The number of rotatable bonds is 2. The van der Waals surface area contributed by atoms with Gasteiger partial charge in [0, 0.05) is 18.6 Å². The normalized spacial score (nSPS) is 18.8. The molecule has 1 heterocycles. The molecular formula is C13H18F2N2. The summed E-state index contributed by atoms with van der Waals surface area (Å²) in [5.74, 6) is -1.03. The van der Waals surface area contributed by atoms with Crippen LogP contribution in [0.15, 0.2) is 12.1 Å². The van der Waals surface area contributed by atoms with Gasteiger partial charge in [-0.3, -0.25) is 0 Å². The Morgan fingerprint density at radius 3 is 2.29 bits per heavy atom. The van der Waals surface area contributed by atoms with Gasteiger partial charge in [0.15, 0.2) is 0 Å². The van der Waals surface area contributed by atoms with Crippen molar-refractivity contribution in [2.75, 3.05) is 11.4 Å². The van der Waals surface area contributed by atoms with Crippen LogP contribution in [0.5, 0.6) is 0 Å². The van der Waals surface area contributed by atoms with Gasteiger partial charge in [-0.2, -0.15) is 0 Å². The molecule has 1 aliphatic heterocycles. The molecule has 0 amide bonds. The summed E-state index contributed by atoms with van der Waals surface area (Å²) in [6.07, 6.45) is 1.91. The summed E-state index contributed by atoms with van der Waals surface area (Å²) in [6.45, 7) is 4.87. The zero-order chi connectivity index (χ0) is 12.6. The molecule has 94 valence electrons. The lowest BCUT2D eigenvalue weighted by atomic mass is 10.0. The molecule has 0 unspecified atom stereocenters. The second-order valence-electron chi connectivity index (χ2n) is 5.18. The Morgan fingerprint density at radius 1 is 1.29 bits per heavy atom. The average molecular weight is 240 g/mol. The number of hydrogen-bond acceptors (Lipinski definition) is 2. The van der Waals surface area contributed by atoms with Crippen molar-refractivity contribution in [3.63, 3.8) is 0 Å². The van der Waals surface area contributed by atoms with Crippen molar-refractivity contribution in [2.24, 2.45) is 5.73 Å². The zero-order valence-electron chi connectivity index (χ0n) is 10.3. The van der Waals surface area contributed by atoms with Crippen LogP contribution in [-0.2, 0) is 6.54 Å². The molecule has 4 heteroatoms. The number of halogens is 2. The van der Waals surface area contributed by atoms with Gasteiger partial charge in [-0.1, -0.05) is 0 Å². The summed E-state index contributed by atoms with van der Waals surface area (Å²) in [5.41, 5.74) is 5.78. The van der Waals surface area contributed by atoms with Gasteiger partial charge in [0.25, 0.3) is 0 Å². The zero-order valence-corrected chi connectivity index (χ0v) is 10.3. The summed E-state index contributed by atoms with van der Waals surface area (Å²) in [7, 11) is 0. The lowest BCUT2D eigenvalue weighted by molar-refractivity contribution is 0.490.